The summed E-state index contributed by atoms with van der Waals surface area (Å²) >= 11 is 6.24. The Hall–Kier alpha value is 0.467. The molecule has 0 aromatic carbocycles. The quantitative estimate of drug-likeness (QED) is 0.537. The van der Waals surface area contributed by atoms with Crippen molar-refractivity contribution in [3.05, 3.63) is 0 Å². The maximum Gasteiger partial charge on any atom is 0.214 e. The molecule has 2 atom stereocenters. The van der Waals surface area contributed by atoms with Gasteiger partial charge in [-0.2, -0.15) is 11.1 Å². The molecule has 0 heterocycles. The third kappa shape index (κ3) is 4.14. The van der Waals surface area contributed by atoms with Gasteiger partial charge < -0.3 is 4.98 Å². The molecule has 68 valence electrons. The average molecular weight is 194 g/mol. The summed E-state index contributed by atoms with van der Waals surface area (Å²) in [4.78, 5) is 3.36. The molecule has 0 aliphatic rings. The van der Waals surface area contributed by atoms with Crippen LogP contribution < -0.4 is 4.98 Å². The Morgan fingerprint density at radius 2 is 1.91 bits per heavy atom. The Morgan fingerprint density at radius 3 is 2.18 bits per heavy atom. The highest BCUT2D eigenvalue weighted by Gasteiger charge is 2.27. The second-order valence-electron chi connectivity index (χ2n) is 4.11. The Morgan fingerprint density at radius 1 is 1.45 bits per heavy atom. The fourth-order valence-corrected chi connectivity index (χ4v) is 4.03. The first-order valence-corrected chi connectivity index (χ1v) is 7.26. The zero-order chi connectivity index (χ0) is 9.07. The van der Waals surface area contributed by atoms with Crippen LogP contribution in [0, 0.1) is 5.41 Å². The summed E-state index contributed by atoms with van der Waals surface area (Å²) in [5.74, 6) is 0. The van der Waals surface area contributed by atoms with Gasteiger partial charge in [0.2, 0.25) is 8.27 Å². The van der Waals surface area contributed by atoms with E-state index in [4.69, 9.17) is 11.1 Å². The molecule has 0 fully saturated rings. The van der Waals surface area contributed by atoms with Gasteiger partial charge in [-0.25, -0.2) is 0 Å². The molecule has 3 heteroatoms. The number of rotatable bonds is 3. The Kier molecular flexibility index (Phi) is 4.67. The summed E-state index contributed by atoms with van der Waals surface area (Å²) in [6.07, 6.45) is 0. The van der Waals surface area contributed by atoms with Gasteiger partial charge in [0.25, 0.3) is 0 Å². The normalized spacial score (nSPS) is 18.0. The van der Waals surface area contributed by atoms with E-state index < -0.39 is 8.27 Å². The van der Waals surface area contributed by atoms with Crippen LogP contribution in [0.5, 0.6) is 0 Å². The van der Waals surface area contributed by atoms with E-state index in [0.29, 0.717) is 11.0 Å². The third-order valence-corrected chi connectivity index (χ3v) is 6.48. The van der Waals surface area contributed by atoms with Crippen molar-refractivity contribution in [3.63, 3.8) is 0 Å². The summed E-state index contributed by atoms with van der Waals surface area (Å²) in [5, 5.41) is 0. The molecule has 0 aliphatic heterocycles. The van der Waals surface area contributed by atoms with Crippen LogP contribution in [0.2, 0.25) is 5.54 Å². The molecule has 11 heavy (non-hydrogen) atoms. The second kappa shape index (κ2) is 4.48. The van der Waals surface area contributed by atoms with E-state index in [2.05, 4.69) is 39.6 Å². The monoisotopic (exact) mass is 193 g/mol. The molecule has 0 amide bonds. The fraction of sp³-hybridized carbons (Fsp3) is 1.00. The minimum absolute atomic E-state index is 0.348. The van der Waals surface area contributed by atoms with Crippen LogP contribution >= 0.6 is 11.1 Å². The van der Waals surface area contributed by atoms with Crippen molar-refractivity contribution in [1.82, 2.24) is 4.98 Å². The largest absolute Gasteiger partial charge is 0.328 e. The molecule has 0 bridgehead atoms. The third-order valence-electron chi connectivity index (χ3n) is 2.20. The minimum atomic E-state index is -1.20. The lowest BCUT2D eigenvalue weighted by Crippen LogP contribution is -2.37. The Balaban J connectivity index is 3.91. The Labute approximate surface area is 76.9 Å². The molecule has 2 unspecified atom stereocenters. The molecule has 0 saturated carbocycles. The topological polar surface area (TPSA) is 12.0 Å². The molecule has 0 radical (unpaired) electrons. The van der Waals surface area contributed by atoms with E-state index in [-0.39, 0.29) is 0 Å². The van der Waals surface area contributed by atoms with Crippen molar-refractivity contribution in [1.29, 1.82) is 0 Å². The molecule has 0 saturated heterocycles. The van der Waals surface area contributed by atoms with Crippen molar-refractivity contribution in [3.8, 4) is 0 Å². The number of hydrogen-bond donors (Lipinski definition) is 1. The van der Waals surface area contributed by atoms with E-state index >= 15 is 0 Å². The van der Waals surface area contributed by atoms with Gasteiger partial charge in [-0.15, -0.1) is 0 Å². The maximum absolute atomic E-state index is 6.24. The van der Waals surface area contributed by atoms with E-state index in [0.717, 1.165) is 6.54 Å². The van der Waals surface area contributed by atoms with Gasteiger partial charge in [0, 0.05) is 0 Å². The summed E-state index contributed by atoms with van der Waals surface area (Å²) in [7, 11) is -1.20. The van der Waals surface area contributed by atoms with Gasteiger partial charge in [-0.3, -0.25) is 0 Å². The van der Waals surface area contributed by atoms with Crippen LogP contribution in [0.3, 0.4) is 0 Å². The van der Waals surface area contributed by atoms with Gasteiger partial charge in [0.05, 0.1) is 0 Å². The van der Waals surface area contributed by atoms with Gasteiger partial charge in [-0.1, -0.05) is 34.6 Å². The summed E-state index contributed by atoms with van der Waals surface area (Å²) in [6.45, 7) is 12.1. The first kappa shape index (κ1) is 11.5. The van der Waals surface area contributed by atoms with Crippen molar-refractivity contribution in [2.75, 3.05) is 6.54 Å². The van der Waals surface area contributed by atoms with Crippen molar-refractivity contribution < 1.29 is 0 Å². The molecule has 0 aliphatic carbocycles. The van der Waals surface area contributed by atoms with Gasteiger partial charge in [0.1, 0.15) is 0 Å². The maximum atomic E-state index is 6.24. The zero-order valence-corrected chi connectivity index (χ0v) is 10.2. The van der Waals surface area contributed by atoms with E-state index in [1.807, 2.05) is 0 Å². The molecular weight excluding hydrogens is 174 g/mol. The minimum Gasteiger partial charge on any atom is -0.328 e. The fourth-order valence-electron chi connectivity index (χ4n) is 0.811. The van der Waals surface area contributed by atoms with E-state index in [9.17, 15) is 0 Å². The van der Waals surface area contributed by atoms with Crippen LogP contribution in [0.25, 0.3) is 0 Å². The highest BCUT2D eigenvalue weighted by molar-refractivity contribution is 7.06. The summed E-state index contributed by atoms with van der Waals surface area (Å²) < 4.78 is 0. The number of hydrogen-bond acceptors (Lipinski definition) is 1. The lowest BCUT2D eigenvalue weighted by atomic mass is 9.93. The molecule has 1 nitrogen and oxygen atoms in total. The van der Waals surface area contributed by atoms with Gasteiger partial charge >= 0.3 is 0 Å². The lowest BCUT2D eigenvalue weighted by Gasteiger charge is -2.30. The molecular formula is C8H20ClNSi. The summed E-state index contributed by atoms with van der Waals surface area (Å²) in [5.41, 5.74) is 0.977. The van der Waals surface area contributed by atoms with Gasteiger partial charge in [-0.05, 0) is 17.5 Å². The molecule has 0 aromatic rings. The average Bonchev–Trinajstić information content (AvgIpc) is 1.85. The zero-order valence-electron chi connectivity index (χ0n) is 8.24. The van der Waals surface area contributed by atoms with E-state index in [1.54, 1.807) is 0 Å². The number of nitrogens with one attached hydrogen (secondary N) is 1. The molecule has 0 rings (SSSR count). The second-order valence-corrected chi connectivity index (χ2v) is 7.74. The van der Waals surface area contributed by atoms with Crippen LogP contribution in [0.1, 0.15) is 34.6 Å². The lowest BCUT2D eigenvalue weighted by molar-refractivity contribution is 0.391. The van der Waals surface area contributed by atoms with Crippen LogP contribution in [0.15, 0.2) is 0 Å². The predicted molar refractivity (Wildman–Crippen MR) is 55.6 cm³/mol. The number of halogens is 1. The first-order chi connectivity index (χ1) is 4.89. The highest BCUT2D eigenvalue weighted by Crippen LogP contribution is 2.33. The molecule has 1 N–H and O–H groups in total. The molecule has 0 aromatic heterocycles. The van der Waals surface area contributed by atoms with Crippen LogP contribution in [0.4, 0.5) is 0 Å². The van der Waals surface area contributed by atoms with E-state index in [1.165, 1.54) is 0 Å². The molecule has 0 spiro atoms. The van der Waals surface area contributed by atoms with Crippen molar-refractivity contribution in [2.45, 2.75) is 40.2 Å². The predicted octanol–water partition coefficient (Wildman–Crippen LogP) is 2.49. The smallest absolute Gasteiger partial charge is 0.214 e. The summed E-state index contributed by atoms with van der Waals surface area (Å²) in [6, 6.07) is 0. The Bertz CT molecular complexity index is 111. The van der Waals surface area contributed by atoms with Crippen LogP contribution in [-0.4, -0.2) is 14.8 Å². The first-order valence-electron chi connectivity index (χ1n) is 4.27. The standard InChI is InChI=1S/C8H20ClNSi/c1-6-10-11(9)7(2)8(3,4)5/h7,10-11H,6H2,1-5H3. The van der Waals surface area contributed by atoms with Gasteiger partial charge in [0.15, 0.2) is 0 Å². The SMILES string of the molecule is CCN[SiH](Cl)C(C)C(C)(C)C. The van der Waals surface area contributed by atoms with Crippen molar-refractivity contribution in [2.24, 2.45) is 5.41 Å². The van der Waals surface area contributed by atoms with Crippen LogP contribution in [-0.2, 0) is 0 Å². The van der Waals surface area contributed by atoms with Crippen molar-refractivity contribution >= 4 is 19.3 Å². The highest BCUT2D eigenvalue weighted by atomic mass is 35.6.